The van der Waals surface area contributed by atoms with Crippen LogP contribution >= 0.6 is 0 Å². The molecule has 1 rings (SSSR count). The van der Waals surface area contributed by atoms with Crippen LogP contribution in [0.15, 0.2) is 0 Å². The van der Waals surface area contributed by atoms with E-state index in [2.05, 4.69) is 19.3 Å². The van der Waals surface area contributed by atoms with Gasteiger partial charge < -0.3 is 5.32 Å². The quantitative estimate of drug-likeness (QED) is 0.620. The van der Waals surface area contributed by atoms with Crippen LogP contribution in [0.1, 0.15) is 39.0 Å². The van der Waals surface area contributed by atoms with E-state index in [1.54, 1.807) is 0 Å². The van der Waals surface area contributed by atoms with Gasteiger partial charge in [-0.2, -0.15) is 0 Å². The zero-order valence-corrected chi connectivity index (χ0v) is 6.90. The maximum atomic E-state index is 3.71. The van der Waals surface area contributed by atoms with Crippen molar-refractivity contribution < 1.29 is 0 Å². The first-order chi connectivity index (χ1) is 4.84. The summed E-state index contributed by atoms with van der Waals surface area (Å²) >= 11 is 0. The third-order valence-electron chi connectivity index (χ3n) is 2.68. The van der Waals surface area contributed by atoms with Crippen LogP contribution in [-0.4, -0.2) is 6.04 Å². The molecule has 1 radical (unpaired) electrons. The molecule has 0 aromatic heterocycles. The Balaban J connectivity index is 2.24. The van der Waals surface area contributed by atoms with Crippen LogP contribution in [0.3, 0.4) is 0 Å². The molecule has 0 aromatic rings. The highest BCUT2D eigenvalue weighted by atomic mass is 14.9. The van der Waals surface area contributed by atoms with Crippen molar-refractivity contribution in [2.24, 2.45) is 5.92 Å². The van der Waals surface area contributed by atoms with E-state index in [0.29, 0.717) is 6.04 Å². The molecule has 10 heavy (non-hydrogen) atoms. The van der Waals surface area contributed by atoms with E-state index in [1.807, 2.05) is 0 Å². The fourth-order valence-electron chi connectivity index (χ4n) is 1.80. The number of rotatable bonds is 2. The summed E-state index contributed by atoms with van der Waals surface area (Å²) in [5.41, 5.74) is 0. The minimum Gasteiger partial charge on any atom is -0.313 e. The molecule has 1 aliphatic rings. The first kappa shape index (κ1) is 8.06. The molecule has 59 valence electrons. The van der Waals surface area contributed by atoms with Gasteiger partial charge in [-0.15, -0.1) is 0 Å². The van der Waals surface area contributed by atoms with Gasteiger partial charge in [-0.3, -0.25) is 0 Å². The lowest BCUT2D eigenvalue weighted by atomic mass is 9.85. The van der Waals surface area contributed by atoms with Gasteiger partial charge in [-0.05, 0) is 25.7 Å². The van der Waals surface area contributed by atoms with E-state index < -0.39 is 0 Å². The zero-order chi connectivity index (χ0) is 7.40. The van der Waals surface area contributed by atoms with Gasteiger partial charge in [0.1, 0.15) is 0 Å². The Kier molecular flexibility index (Phi) is 3.20. The summed E-state index contributed by atoms with van der Waals surface area (Å²) in [7, 11) is 3.71. The normalized spacial score (nSPS) is 24.6. The van der Waals surface area contributed by atoms with Crippen LogP contribution < -0.4 is 5.32 Å². The Morgan fingerprint density at radius 1 is 1.30 bits per heavy atom. The second kappa shape index (κ2) is 3.97. The molecule has 0 amide bonds. The standard InChI is InChI=1S/C9H18N/c1-8(10-2)9-6-4-3-5-7-9/h8-10H,2-7H2,1H3. The summed E-state index contributed by atoms with van der Waals surface area (Å²) < 4.78 is 0. The lowest BCUT2D eigenvalue weighted by Crippen LogP contribution is -2.30. The predicted molar refractivity (Wildman–Crippen MR) is 44.5 cm³/mol. The first-order valence-electron chi connectivity index (χ1n) is 4.37. The predicted octanol–water partition coefficient (Wildman–Crippen LogP) is 2.34. The summed E-state index contributed by atoms with van der Waals surface area (Å²) in [6.45, 7) is 2.24. The van der Waals surface area contributed by atoms with Crippen molar-refractivity contribution in [1.82, 2.24) is 5.32 Å². The molecule has 1 aliphatic carbocycles. The van der Waals surface area contributed by atoms with Gasteiger partial charge in [-0.25, -0.2) is 0 Å². The average Bonchev–Trinajstić information content (AvgIpc) is 2.05. The third-order valence-corrected chi connectivity index (χ3v) is 2.68. The van der Waals surface area contributed by atoms with Crippen LogP contribution in [0.25, 0.3) is 0 Å². The molecule has 1 atom stereocenters. The summed E-state index contributed by atoms with van der Waals surface area (Å²) in [6.07, 6.45) is 7.11. The van der Waals surface area contributed by atoms with Crippen molar-refractivity contribution in [1.29, 1.82) is 0 Å². The Bertz CT molecular complexity index is 84.7. The monoisotopic (exact) mass is 140 g/mol. The zero-order valence-electron chi connectivity index (χ0n) is 6.90. The molecule has 0 bridgehead atoms. The minimum absolute atomic E-state index is 0.625. The van der Waals surface area contributed by atoms with Crippen molar-refractivity contribution in [2.45, 2.75) is 45.1 Å². The maximum Gasteiger partial charge on any atom is 0.00794 e. The van der Waals surface area contributed by atoms with Crippen molar-refractivity contribution in [3.8, 4) is 0 Å². The minimum atomic E-state index is 0.625. The van der Waals surface area contributed by atoms with Crippen molar-refractivity contribution >= 4 is 0 Å². The lowest BCUT2D eigenvalue weighted by Gasteiger charge is -2.26. The SMILES string of the molecule is [CH2]NC(C)C1CCCCC1. The number of nitrogens with one attached hydrogen (secondary N) is 1. The van der Waals surface area contributed by atoms with Gasteiger partial charge in [0.05, 0.1) is 0 Å². The average molecular weight is 140 g/mol. The smallest absolute Gasteiger partial charge is 0.00794 e. The van der Waals surface area contributed by atoms with E-state index in [0.717, 1.165) is 5.92 Å². The highest BCUT2D eigenvalue weighted by molar-refractivity contribution is 4.75. The van der Waals surface area contributed by atoms with Gasteiger partial charge >= 0.3 is 0 Å². The largest absolute Gasteiger partial charge is 0.313 e. The van der Waals surface area contributed by atoms with Gasteiger partial charge in [0.25, 0.3) is 0 Å². The van der Waals surface area contributed by atoms with E-state index in [1.165, 1.54) is 32.1 Å². The summed E-state index contributed by atoms with van der Waals surface area (Å²) in [4.78, 5) is 0. The van der Waals surface area contributed by atoms with E-state index in [-0.39, 0.29) is 0 Å². The maximum absolute atomic E-state index is 3.71. The summed E-state index contributed by atoms with van der Waals surface area (Å²) in [5.74, 6) is 0.895. The number of hydrogen-bond donors (Lipinski definition) is 1. The van der Waals surface area contributed by atoms with Gasteiger partial charge in [0, 0.05) is 13.1 Å². The Morgan fingerprint density at radius 3 is 2.40 bits per heavy atom. The Hall–Kier alpha value is -0.0400. The molecule has 0 saturated heterocycles. The Morgan fingerprint density at radius 2 is 1.90 bits per heavy atom. The second-order valence-electron chi connectivity index (χ2n) is 3.39. The van der Waals surface area contributed by atoms with Crippen LogP contribution in [0.4, 0.5) is 0 Å². The lowest BCUT2D eigenvalue weighted by molar-refractivity contribution is 0.296. The van der Waals surface area contributed by atoms with Crippen LogP contribution in [0.2, 0.25) is 0 Å². The molecule has 1 nitrogen and oxygen atoms in total. The van der Waals surface area contributed by atoms with Crippen LogP contribution in [0, 0.1) is 13.0 Å². The topological polar surface area (TPSA) is 12.0 Å². The van der Waals surface area contributed by atoms with E-state index in [4.69, 9.17) is 0 Å². The molecular weight excluding hydrogens is 122 g/mol. The molecule has 1 N–H and O–H groups in total. The fourth-order valence-corrected chi connectivity index (χ4v) is 1.80. The second-order valence-corrected chi connectivity index (χ2v) is 3.39. The third kappa shape index (κ3) is 1.98. The Labute approximate surface area is 64.2 Å². The van der Waals surface area contributed by atoms with Gasteiger partial charge in [0.15, 0.2) is 0 Å². The van der Waals surface area contributed by atoms with Crippen molar-refractivity contribution in [3.63, 3.8) is 0 Å². The fraction of sp³-hybridized carbons (Fsp3) is 0.889. The van der Waals surface area contributed by atoms with Crippen LogP contribution in [-0.2, 0) is 0 Å². The van der Waals surface area contributed by atoms with Gasteiger partial charge in [0.2, 0.25) is 0 Å². The highest BCUT2D eigenvalue weighted by Crippen LogP contribution is 2.25. The molecule has 0 aromatic carbocycles. The molecule has 0 heterocycles. The molecule has 0 aliphatic heterocycles. The van der Waals surface area contributed by atoms with Crippen molar-refractivity contribution in [3.05, 3.63) is 7.05 Å². The molecule has 0 spiro atoms. The molecular formula is C9H18N. The van der Waals surface area contributed by atoms with Gasteiger partial charge in [-0.1, -0.05) is 19.3 Å². The number of hydrogen-bond acceptors (Lipinski definition) is 1. The molecule has 1 unspecified atom stereocenters. The summed E-state index contributed by atoms with van der Waals surface area (Å²) in [6, 6.07) is 0.625. The molecule has 1 fully saturated rings. The van der Waals surface area contributed by atoms with Crippen LogP contribution in [0.5, 0.6) is 0 Å². The molecule has 1 saturated carbocycles. The summed E-state index contributed by atoms with van der Waals surface area (Å²) in [5, 5.41) is 3.08. The van der Waals surface area contributed by atoms with E-state index in [9.17, 15) is 0 Å². The van der Waals surface area contributed by atoms with Crippen molar-refractivity contribution in [2.75, 3.05) is 0 Å². The van der Waals surface area contributed by atoms with E-state index >= 15 is 0 Å². The highest BCUT2D eigenvalue weighted by Gasteiger charge is 2.17. The molecule has 1 heteroatoms. The first-order valence-corrected chi connectivity index (χ1v) is 4.37.